The number of nitrogens with zero attached hydrogens (tertiary/aromatic N) is 1. The molecule has 0 aliphatic carbocycles. The average molecular weight is 406 g/mol. The summed E-state index contributed by atoms with van der Waals surface area (Å²) in [4.78, 5) is 29.2. The molecule has 5 N–H and O–H groups in total. The van der Waals surface area contributed by atoms with Crippen molar-refractivity contribution in [2.75, 3.05) is 13.1 Å². The van der Waals surface area contributed by atoms with E-state index >= 15 is 0 Å². The fourth-order valence-corrected chi connectivity index (χ4v) is 3.88. The zero-order valence-electron chi connectivity index (χ0n) is 17.0. The number of carbonyl (C=O) groups is 2. The summed E-state index contributed by atoms with van der Waals surface area (Å²) in [7, 11) is 0. The summed E-state index contributed by atoms with van der Waals surface area (Å²) in [5.74, 6) is -0.369. The van der Waals surface area contributed by atoms with Crippen LogP contribution in [-0.4, -0.2) is 48.0 Å². The van der Waals surface area contributed by atoms with Gasteiger partial charge in [-0.25, -0.2) is 4.98 Å². The average Bonchev–Trinajstić information content (AvgIpc) is 3.05. The van der Waals surface area contributed by atoms with E-state index in [2.05, 4.69) is 20.9 Å². The Morgan fingerprint density at radius 1 is 1.18 bits per heavy atom. The first-order chi connectivity index (χ1) is 13.3. The Balaban J connectivity index is 1.83. The van der Waals surface area contributed by atoms with Gasteiger partial charge in [0.1, 0.15) is 6.04 Å². The van der Waals surface area contributed by atoms with E-state index in [0.29, 0.717) is 19.5 Å². The topological polar surface area (TPSA) is 109 Å². The van der Waals surface area contributed by atoms with Gasteiger partial charge < -0.3 is 21.7 Å². The first-order valence-corrected chi connectivity index (χ1v) is 10.5. The minimum absolute atomic E-state index is 0.00370. The van der Waals surface area contributed by atoms with Crippen LogP contribution in [0.1, 0.15) is 32.7 Å². The summed E-state index contributed by atoms with van der Waals surface area (Å²) in [6.07, 6.45) is 0.647. The molecular formula is C20H31N5O2S. The van der Waals surface area contributed by atoms with Crippen LogP contribution < -0.4 is 21.7 Å². The molecule has 8 heteroatoms. The minimum Gasteiger partial charge on any atom is -0.355 e. The maximum atomic E-state index is 12.5. The summed E-state index contributed by atoms with van der Waals surface area (Å²) >= 11 is 1.64. The standard InChI is InChI=1S/C20H31N5O2S/c1-5-22-20(27)18(12(2)3)25-19(26)13(4)23-11-14(21)10-17-24-15-8-6-7-9-16(15)28-17/h6-9,12-14,18,23H,5,10-11,21H2,1-4H3,(H,22,27)(H,25,26)/t13-,14-,18-/m0/s1. The van der Waals surface area contributed by atoms with Crippen LogP contribution in [-0.2, 0) is 16.0 Å². The second-order valence-electron chi connectivity index (χ2n) is 7.29. The number of hydrogen-bond donors (Lipinski definition) is 4. The summed E-state index contributed by atoms with van der Waals surface area (Å²) in [6.45, 7) is 8.46. The number of para-hydroxylation sites is 1. The predicted octanol–water partition coefficient (Wildman–Crippen LogP) is 1.42. The zero-order chi connectivity index (χ0) is 20.7. The number of fused-ring (bicyclic) bond motifs is 1. The highest BCUT2D eigenvalue weighted by atomic mass is 32.1. The lowest BCUT2D eigenvalue weighted by Crippen LogP contribution is -2.55. The van der Waals surface area contributed by atoms with Crippen LogP contribution >= 0.6 is 11.3 Å². The molecule has 0 radical (unpaired) electrons. The smallest absolute Gasteiger partial charge is 0.242 e. The molecular weight excluding hydrogens is 374 g/mol. The van der Waals surface area contributed by atoms with E-state index in [0.717, 1.165) is 15.2 Å². The van der Waals surface area contributed by atoms with Crippen molar-refractivity contribution in [2.24, 2.45) is 11.7 Å². The van der Waals surface area contributed by atoms with Crippen molar-refractivity contribution in [2.45, 2.75) is 52.2 Å². The van der Waals surface area contributed by atoms with E-state index in [9.17, 15) is 9.59 Å². The molecule has 0 aliphatic heterocycles. The number of benzene rings is 1. The SMILES string of the molecule is CCNC(=O)[C@@H](NC(=O)[C@H](C)NC[C@@H](N)Cc1nc2ccccc2s1)C(C)C. The summed E-state index contributed by atoms with van der Waals surface area (Å²) < 4.78 is 1.15. The van der Waals surface area contributed by atoms with Gasteiger partial charge in [-0.3, -0.25) is 9.59 Å². The first-order valence-electron chi connectivity index (χ1n) is 9.73. The number of aromatic nitrogens is 1. The highest BCUT2D eigenvalue weighted by molar-refractivity contribution is 7.18. The number of nitrogens with two attached hydrogens (primary N) is 1. The third-order valence-electron chi connectivity index (χ3n) is 4.45. The maximum Gasteiger partial charge on any atom is 0.242 e. The molecule has 0 saturated heterocycles. The van der Waals surface area contributed by atoms with Crippen LogP contribution in [0.4, 0.5) is 0 Å². The van der Waals surface area contributed by atoms with E-state index in [1.165, 1.54) is 0 Å². The molecule has 0 aliphatic rings. The van der Waals surface area contributed by atoms with Crippen LogP contribution in [0.5, 0.6) is 0 Å². The quantitative estimate of drug-likeness (QED) is 0.478. The molecule has 0 bridgehead atoms. The fraction of sp³-hybridized carbons (Fsp3) is 0.550. The Morgan fingerprint density at radius 2 is 1.89 bits per heavy atom. The molecule has 7 nitrogen and oxygen atoms in total. The van der Waals surface area contributed by atoms with Gasteiger partial charge in [0.2, 0.25) is 11.8 Å². The van der Waals surface area contributed by atoms with Crippen LogP contribution in [0.15, 0.2) is 24.3 Å². The van der Waals surface area contributed by atoms with Crippen molar-refractivity contribution >= 4 is 33.4 Å². The Labute approximate surface area is 170 Å². The van der Waals surface area contributed by atoms with E-state index in [1.807, 2.05) is 45.0 Å². The Bertz CT molecular complexity index is 759. The molecule has 1 heterocycles. The molecule has 2 amide bonds. The molecule has 0 saturated carbocycles. The number of nitrogens with one attached hydrogen (secondary N) is 3. The van der Waals surface area contributed by atoms with Crippen LogP contribution in [0.3, 0.4) is 0 Å². The second kappa shape index (κ2) is 10.5. The predicted molar refractivity (Wildman–Crippen MR) is 114 cm³/mol. The molecule has 3 atom stereocenters. The van der Waals surface area contributed by atoms with Crippen molar-refractivity contribution < 1.29 is 9.59 Å². The molecule has 2 aromatic rings. The monoisotopic (exact) mass is 405 g/mol. The number of rotatable bonds is 10. The molecule has 0 spiro atoms. The van der Waals surface area contributed by atoms with Gasteiger partial charge in [0.25, 0.3) is 0 Å². The highest BCUT2D eigenvalue weighted by Gasteiger charge is 2.25. The zero-order valence-corrected chi connectivity index (χ0v) is 17.8. The number of carbonyl (C=O) groups excluding carboxylic acids is 2. The van der Waals surface area contributed by atoms with Gasteiger partial charge in [0.15, 0.2) is 0 Å². The summed E-state index contributed by atoms with van der Waals surface area (Å²) in [6, 6.07) is 6.86. The maximum absolute atomic E-state index is 12.5. The fourth-order valence-electron chi connectivity index (χ4n) is 2.82. The summed E-state index contributed by atoms with van der Waals surface area (Å²) in [5.41, 5.74) is 7.21. The van der Waals surface area contributed by atoms with Crippen molar-refractivity contribution in [1.29, 1.82) is 0 Å². The molecule has 154 valence electrons. The van der Waals surface area contributed by atoms with Gasteiger partial charge >= 0.3 is 0 Å². The van der Waals surface area contributed by atoms with Gasteiger partial charge in [-0.1, -0.05) is 26.0 Å². The minimum atomic E-state index is -0.548. The van der Waals surface area contributed by atoms with Crippen LogP contribution in [0.25, 0.3) is 10.2 Å². The Morgan fingerprint density at radius 3 is 2.54 bits per heavy atom. The molecule has 1 aromatic carbocycles. The number of likely N-dealkylation sites (N-methyl/N-ethyl adjacent to an activating group) is 1. The van der Waals surface area contributed by atoms with Crippen molar-refractivity contribution in [3.63, 3.8) is 0 Å². The van der Waals surface area contributed by atoms with Gasteiger partial charge in [-0.2, -0.15) is 0 Å². The van der Waals surface area contributed by atoms with Gasteiger partial charge in [-0.15, -0.1) is 11.3 Å². The van der Waals surface area contributed by atoms with Gasteiger partial charge in [-0.05, 0) is 31.9 Å². The number of hydrogen-bond acceptors (Lipinski definition) is 6. The van der Waals surface area contributed by atoms with Crippen LogP contribution in [0.2, 0.25) is 0 Å². The number of thiazole rings is 1. The Kier molecular flexibility index (Phi) is 8.35. The molecule has 0 unspecified atom stereocenters. The van der Waals surface area contributed by atoms with E-state index in [4.69, 9.17) is 5.73 Å². The Hall–Kier alpha value is -2.03. The molecule has 2 rings (SSSR count). The molecule has 0 fully saturated rings. The highest BCUT2D eigenvalue weighted by Crippen LogP contribution is 2.22. The lowest BCUT2D eigenvalue weighted by Gasteiger charge is -2.24. The summed E-state index contributed by atoms with van der Waals surface area (Å²) in [5, 5.41) is 9.74. The third kappa shape index (κ3) is 6.25. The third-order valence-corrected chi connectivity index (χ3v) is 5.51. The first kappa shape index (κ1) is 22.3. The van der Waals surface area contributed by atoms with Gasteiger partial charge in [0.05, 0.1) is 21.3 Å². The lowest BCUT2D eigenvalue weighted by molar-refractivity contribution is -0.130. The van der Waals surface area contributed by atoms with E-state index < -0.39 is 12.1 Å². The van der Waals surface area contributed by atoms with Crippen molar-refractivity contribution in [3.05, 3.63) is 29.3 Å². The van der Waals surface area contributed by atoms with E-state index in [-0.39, 0.29) is 23.8 Å². The van der Waals surface area contributed by atoms with Gasteiger partial charge in [0, 0.05) is 25.6 Å². The lowest BCUT2D eigenvalue weighted by atomic mass is 10.0. The molecule has 28 heavy (non-hydrogen) atoms. The van der Waals surface area contributed by atoms with Crippen molar-refractivity contribution in [3.8, 4) is 0 Å². The number of amides is 2. The van der Waals surface area contributed by atoms with Crippen molar-refractivity contribution in [1.82, 2.24) is 20.9 Å². The molecule has 1 aromatic heterocycles. The normalized spacial score (nSPS) is 14.6. The van der Waals surface area contributed by atoms with Crippen LogP contribution in [0, 0.1) is 5.92 Å². The second-order valence-corrected chi connectivity index (χ2v) is 8.41. The van der Waals surface area contributed by atoms with E-state index in [1.54, 1.807) is 18.3 Å². The largest absolute Gasteiger partial charge is 0.355 e.